The Kier molecular flexibility index (Phi) is 12.9. The highest BCUT2D eigenvalue weighted by molar-refractivity contribution is 7.99. The lowest BCUT2D eigenvalue weighted by molar-refractivity contribution is 0.556. The fraction of sp³-hybridized carbons (Fsp3) is 0.333. The number of benzene rings is 4. The molecule has 4 aromatic rings. The van der Waals surface area contributed by atoms with Crippen LogP contribution in [0.15, 0.2) is 128 Å². The van der Waals surface area contributed by atoms with E-state index in [0.29, 0.717) is 0 Å². The molecule has 0 aromatic heterocycles. The first-order valence-electron chi connectivity index (χ1n) is 14.7. The summed E-state index contributed by atoms with van der Waals surface area (Å²) in [7, 11) is -0.121. The van der Waals surface area contributed by atoms with Crippen molar-refractivity contribution in [2.45, 2.75) is 102 Å². The zero-order chi connectivity index (χ0) is 27.1. The van der Waals surface area contributed by atoms with E-state index in [0.717, 1.165) is 16.3 Å². The van der Waals surface area contributed by atoms with E-state index in [1.54, 1.807) is 11.8 Å². The van der Waals surface area contributed by atoms with Crippen molar-refractivity contribution in [3.8, 4) is 0 Å². The van der Waals surface area contributed by atoms with Gasteiger partial charge in [-0.25, -0.2) is 0 Å². The highest BCUT2D eigenvalue weighted by atomic mass is 35.5. The highest BCUT2D eigenvalue weighted by Gasteiger charge is 2.28. The number of unbranched alkanes of at least 4 members (excludes halogenated alkanes) is 9. The van der Waals surface area contributed by atoms with Crippen molar-refractivity contribution in [3.05, 3.63) is 114 Å². The minimum absolute atomic E-state index is 0.121. The van der Waals surface area contributed by atoms with E-state index in [9.17, 15) is 0 Å². The van der Waals surface area contributed by atoms with Gasteiger partial charge in [0.1, 0.15) is 0 Å². The molecule has 0 spiro atoms. The lowest BCUT2D eigenvalue weighted by Crippen LogP contribution is -2.04. The van der Waals surface area contributed by atoms with E-state index in [2.05, 4.69) is 110 Å². The Morgan fingerprint density at radius 3 is 1.62 bits per heavy atom. The fourth-order valence-electron chi connectivity index (χ4n) is 4.89. The minimum atomic E-state index is -0.121. The van der Waals surface area contributed by atoms with Gasteiger partial charge < -0.3 is 0 Å². The van der Waals surface area contributed by atoms with Crippen LogP contribution in [0.2, 0.25) is 5.02 Å². The zero-order valence-corrected chi connectivity index (χ0v) is 25.7. The van der Waals surface area contributed by atoms with E-state index in [-0.39, 0.29) is 10.9 Å². The summed E-state index contributed by atoms with van der Waals surface area (Å²) in [5.41, 5.74) is 1.36. The van der Waals surface area contributed by atoms with Crippen molar-refractivity contribution in [1.82, 2.24) is 0 Å². The maximum absolute atomic E-state index is 6.74. The summed E-state index contributed by atoms with van der Waals surface area (Å²) in [4.78, 5) is 6.35. The van der Waals surface area contributed by atoms with Crippen molar-refractivity contribution in [3.63, 3.8) is 0 Å². The van der Waals surface area contributed by atoms with Gasteiger partial charge >= 0.3 is 0 Å². The molecule has 0 saturated carbocycles. The predicted molar refractivity (Wildman–Crippen MR) is 173 cm³/mol. The Balaban J connectivity index is 1.29. The number of rotatable bonds is 16. The molecule has 204 valence electrons. The Morgan fingerprint density at radius 1 is 0.564 bits per heavy atom. The zero-order valence-electron chi connectivity index (χ0n) is 23.3. The van der Waals surface area contributed by atoms with Gasteiger partial charge in [-0.2, -0.15) is 0 Å². The summed E-state index contributed by atoms with van der Waals surface area (Å²) in [6, 6.07) is 37.3. The first kappa shape index (κ1) is 29.8. The molecule has 0 aliphatic heterocycles. The lowest BCUT2D eigenvalue weighted by atomic mass is 10.0. The third-order valence-corrected chi connectivity index (χ3v) is 10.8. The van der Waals surface area contributed by atoms with Crippen molar-refractivity contribution >= 4 is 34.3 Å². The van der Waals surface area contributed by atoms with Crippen LogP contribution in [0.1, 0.15) is 76.7 Å². The molecule has 0 amide bonds. The lowest BCUT2D eigenvalue weighted by Gasteiger charge is -2.10. The summed E-state index contributed by atoms with van der Waals surface area (Å²) >= 11 is 8.49. The number of halogens is 1. The Hall–Kier alpha value is -2.13. The molecule has 0 aliphatic carbocycles. The molecule has 4 rings (SSSR count). The van der Waals surface area contributed by atoms with Crippen LogP contribution in [0.3, 0.4) is 0 Å². The van der Waals surface area contributed by atoms with Gasteiger partial charge in [0.15, 0.2) is 14.7 Å². The molecule has 4 aromatic carbocycles. The third kappa shape index (κ3) is 9.78. The summed E-state index contributed by atoms with van der Waals surface area (Å²) in [5.74, 6) is 0. The van der Waals surface area contributed by atoms with Gasteiger partial charge in [0, 0.05) is 9.79 Å². The smallest absolute Gasteiger partial charge is 0.0885 e. The van der Waals surface area contributed by atoms with Gasteiger partial charge in [0.2, 0.25) is 0 Å². The van der Waals surface area contributed by atoms with E-state index in [4.69, 9.17) is 11.6 Å². The number of hydrogen-bond donors (Lipinski definition) is 0. The average Bonchev–Trinajstić information content (AvgIpc) is 2.97. The average molecular weight is 574 g/mol. The quantitative estimate of drug-likeness (QED) is 0.0948. The second-order valence-corrected chi connectivity index (χ2v) is 13.8. The molecule has 0 bridgehead atoms. The normalized spacial score (nSPS) is 11.3. The van der Waals surface area contributed by atoms with Crippen molar-refractivity contribution in [2.75, 3.05) is 0 Å². The molecule has 3 heteroatoms. The van der Waals surface area contributed by atoms with Crippen LogP contribution in [0.4, 0.5) is 0 Å². The SMILES string of the molecule is CCCCCCCCCCCCc1ccc(Sc2ccc([S+](c3ccccc3)c3ccccc3)cc2)c(Cl)c1. The minimum Gasteiger partial charge on any atom is -0.0885 e. The van der Waals surface area contributed by atoms with Gasteiger partial charge in [-0.15, -0.1) is 0 Å². The molecular formula is C36H42ClS2+. The number of hydrogen-bond acceptors (Lipinski definition) is 1. The maximum Gasteiger partial charge on any atom is 0.166 e. The van der Waals surface area contributed by atoms with Crippen molar-refractivity contribution in [2.24, 2.45) is 0 Å². The van der Waals surface area contributed by atoms with Gasteiger partial charge in [0.25, 0.3) is 0 Å². The third-order valence-electron chi connectivity index (χ3n) is 7.06. The summed E-state index contributed by atoms with van der Waals surface area (Å²) in [6.07, 6.45) is 14.8. The summed E-state index contributed by atoms with van der Waals surface area (Å²) in [5, 5.41) is 0.863. The highest BCUT2D eigenvalue weighted by Crippen LogP contribution is 2.36. The second-order valence-electron chi connectivity index (χ2n) is 10.2. The van der Waals surface area contributed by atoms with E-state index >= 15 is 0 Å². The predicted octanol–water partition coefficient (Wildman–Crippen LogP) is 12.0. The van der Waals surface area contributed by atoms with Crippen LogP contribution < -0.4 is 0 Å². The maximum atomic E-state index is 6.74. The molecule has 0 heterocycles. The standard InChI is InChI=1S/C36H42ClS2/c1-2-3-4-5-6-7-8-9-10-13-18-30-23-28-36(35(37)29-30)38-31-24-26-34(27-25-31)39(32-19-14-11-15-20-32)33-21-16-12-17-22-33/h11-12,14-17,19-29H,2-10,13,18H2,1H3/q+1. The van der Waals surface area contributed by atoms with Gasteiger partial charge in [-0.3, -0.25) is 0 Å². The summed E-state index contributed by atoms with van der Waals surface area (Å²) < 4.78 is 0. The van der Waals surface area contributed by atoms with Crippen LogP contribution in [0.5, 0.6) is 0 Å². The van der Waals surface area contributed by atoms with Crippen LogP contribution in [0.25, 0.3) is 0 Å². The molecule has 0 aliphatic rings. The first-order chi connectivity index (χ1) is 19.2. The topological polar surface area (TPSA) is 0 Å². The van der Waals surface area contributed by atoms with Gasteiger partial charge in [0.05, 0.1) is 15.9 Å². The summed E-state index contributed by atoms with van der Waals surface area (Å²) in [6.45, 7) is 2.28. The second kappa shape index (κ2) is 16.9. The molecule has 39 heavy (non-hydrogen) atoms. The van der Waals surface area contributed by atoms with E-state index in [1.165, 1.54) is 89.4 Å². The fourth-order valence-corrected chi connectivity index (χ4v) is 8.11. The van der Waals surface area contributed by atoms with E-state index < -0.39 is 0 Å². The Morgan fingerprint density at radius 2 is 1.08 bits per heavy atom. The number of aryl methyl sites for hydroxylation is 1. The molecule has 0 nitrogen and oxygen atoms in total. The molecular weight excluding hydrogens is 532 g/mol. The molecule has 0 atom stereocenters. The monoisotopic (exact) mass is 573 g/mol. The Bertz CT molecular complexity index is 1180. The van der Waals surface area contributed by atoms with Crippen molar-refractivity contribution < 1.29 is 0 Å². The van der Waals surface area contributed by atoms with Crippen LogP contribution in [0, 0.1) is 0 Å². The largest absolute Gasteiger partial charge is 0.166 e. The molecule has 0 unspecified atom stereocenters. The molecule has 0 fully saturated rings. The van der Waals surface area contributed by atoms with Crippen molar-refractivity contribution in [1.29, 1.82) is 0 Å². The Labute approximate surface area is 248 Å². The molecule has 0 saturated heterocycles. The van der Waals surface area contributed by atoms with Crippen LogP contribution in [-0.2, 0) is 17.3 Å². The van der Waals surface area contributed by atoms with Gasteiger partial charge in [-0.1, -0.05) is 131 Å². The van der Waals surface area contributed by atoms with E-state index in [1.807, 2.05) is 0 Å². The first-order valence-corrected chi connectivity index (χ1v) is 17.1. The van der Waals surface area contributed by atoms with Gasteiger partial charge in [-0.05, 0) is 79.1 Å². The van der Waals surface area contributed by atoms with Crippen LogP contribution >= 0.6 is 23.4 Å². The molecule has 0 radical (unpaired) electrons. The van der Waals surface area contributed by atoms with Crippen LogP contribution in [-0.4, -0.2) is 0 Å². The molecule has 0 N–H and O–H groups in total.